The highest BCUT2D eigenvalue weighted by molar-refractivity contribution is 7.99. The zero-order chi connectivity index (χ0) is 19.9. The quantitative estimate of drug-likeness (QED) is 0.628. The molecular weight excluding hydrogens is 382 g/mol. The molecule has 152 valence electrons. The predicted octanol–water partition coefficient (Wildman–Crippen LogP) is 3.43. The maximum atomic E-state index is 12.8. The Morgan fingerprint density at radius 2 is 1.93 bits per heavy atom. The Hall–Kier alpha value is -1.12. The maximum Gasteiger partial charge on any atom is 0.244 e. The number of rotatable bonds is 9. The van der Waals surface area contributed by atoms with Crippen LogP contribution in [0.1, 0.15) is 58.8 Å². The average molecular weight is 414 g/mol. The number of carbonyl (C=O) groups excluding carboxylic acids is 1. The first kappa shape index (κ1) is 22.2. The summed E-state index contributed by atoms with van der Waals surface area (Å²) in [6.07, 6.45) is 8.40. The van der Waals surface area contributed by atoms with Gasteiger partial charge < -0.3 is 5.32 Å². The lowest BCUT2D eigenvalue weighted by Crippen LogP contribution is -2.38. The summed E-state index contributed by atoms with van der Waals surface area (Å²) in [6.45, 7) is 4.10. The third-order valence-electron chi connectivity index (χ3n) is 5.18. The molecule has 0 spiro atoms. The fourth-order valence-corrected chi connectivity index (χ4v) is 5.33. The van der Waals surface area contributed by atoms with Gasteiger partial charge in [-0.15, -0.1) is 0 Å². The van der Waals surface area contributed by atoms with E-state index in [0.29, 0.717) is 5.03 Å². The van der Waals surface area contributed by atoms with E-state index >= 15 is 0 Å². The standard InChI is InChI=1S/C19H31N3O3S2/c1-4-15(5-2)21-18(23)14-26-19-12-11-17(13-20-19)27(24,25)22(3)16-9-7-6-8-10-16/h11-13,15-16H,4-10,14H2,1-3H3,(H,21,23). The zero-order valence-corrected chi connectivity index (χ0v) is 18.1. The van der Waals surface area contributed by atoms with Crippen molar-refractivity contribution >= 4 is 27.7 Å². The summed E-state index contributed by atoms with van der Waals surface area (Å²) < 4.78 is 27.1. The molecule has 2 rings (SSSR count). The van der Waals surface area contributed by atoms with Crippen LogP contribution in [0, 0.1) is 0 Å². The number of carbonyl (C=O) groups is 1. The highest BCUT2D eigenvalue weighted by Gasteiger charge is 2.29. The van der Waals surface area contributed by atoms with Crippen LogP contribution in [-0.4, -0.2) is 48.5 Å². The van der Waals surface area contributed by atoms with Crippen LogP contribution in [0.15, 0.2) is 28.3 Å². The summed E-state index contributed by atoms with van der Waals surface area (Å²) in [6, 6.07) is 3.54. The van der Waals surface area contributed by atoms with Gasteiger partial charge in [-0.3, -0.25) is 4.79 Å². The molecule has 0 bridgehead atoms. The van der Waals surface area contributed by atoms with Crippen molar-refractivity contribution < 1.29 is 13.2 Å². The van der Waals surface area contributed by atoms with E-state index in [2.05, 4.69) is 10.3 Å². The van der Waals surface area contributed by atoms with Crippen molar-refractivity contribution in [2.75, 3.05) is 12.8 Å². The number of amides is 1. The van der Waals surface area contributed by atoms with Crippen molar-refractivity contribution in [2.45, 2.75) is 80.8 Å². The predicted molar refractivity (Wildman–Crippen MR) is 109 cm³/mol. The normalized spacial score (nSPS) is 16.0. The van der Waals surface area contributed by atoms with Gasteiger partial charge in [0.05, 0.1) is 10.8 Å². The van der Waals surface area contributed by atoms with Gasteiger partial charge in [-0.1, -0.05) is 44.9 Å². The summed E-state index contributed by atoms with van der Waals surface area (Å²) in [7, 11) is -1.86. The van der Waals surface area contributed by atoms with Gasteiger partial charge in [0, 0.05) is 25.3 Å². The second kappa shape index (κ2) is 10.4. The molecule has 1 aromatic rings. The summed E-state index contributed by atoms with van der Waals surface area (Å²) >= 11 is 1.32. The van der Waals surface area contributed by atoms with Crippen molar-refractivity contribution in [1.29, 1.82) is 0 Å². The van der Waals surface area contributed by atoms with Crippen LogP contribution >= 0.6 is 11.8 Å². The van der Waals surface area contributed by atoms with Crippen LogP contribution in [0.5, 0.6) is 0 Å². The van der Waals surface area contributed by atoms with Crippen LogP contribution < -0.4 is 5.32 Å². The minimum absolute atomic E-state index is 0.0239. The van der Waals surface area contributed by atoms with Crippen LogP contribution in [0.2, 0.25) is 0 Å². The van der Waals surface area contributed by atoms with Gasteiger partial charge in [-0.2, -0.15) is 4.31 Å². The van der Waals surface area contributed by atoms with Crippen LogP contribution in [-0.2, 0) is 14.8 Å². The number of pyridine rings is 1. The monoisotopic (exact) mass is 413 g/mol. The number of nitrogens with one attached hydrogen (secondary N) is 1. The summed E-state index contributed by atoms with van der Waals surface area (Å²) in [5, 5.41) is 3.63. The number of aromatic nitrogens is 1. The molecule has 0 unspecified atom stereocenters. The lowest BCUT2D eigenvalue weighted by Gasteiger charge is -2.30. The maximum absolute atomic E-state index is 12.8. The van der Waals surface area contributed by atoms with Gasteiger partial charge in [0.25, 0.3) is 0 Å². The molecule has 1 aliphatic rings. The Morgan fingerprint density at radius 1 is 1.26 bits per heavy atom. The molecule has 1 N–H and O–H groups in total. The molecule has 0 radical (unpaired) electrons. The number of thioether (sulfide) groups is 1. The Bertz CT molecular complexity index is 697. The molecule has 1 saturated carbocycles. The third-order valence-corrected chi connectivity index (χ3v) is 8.01. The molecule has 0 saturated heterocycles. The molecule has 1 aromatic heterocycles. The number of hydrogen-bond donors (Lipinski definition) is 1. The van der Waals surface area contributed by atoms with E-state index in [1.807, 2.05) is 13.8 Å². The first-order valence-electron chi connectivity index (χ1n) is 9.74. The summed E-state index contributed by atoms with van der Waals surface area (Å²) in [5.74, 6) is 0.252. The van der Waals surface area contributed by atoms with Crippen molar-refractivity contribution in [2.24, 2.45) is 0 Å². The second-order valence-corrected chi connectivity index (χ2v) is 10.0. The van der Waals surface area contributed by atoms with E-state index in [1.165, 1.54) is 28.7 Å². The highest BCUT2D eigenvalue weighted by atomic mass is 32.2. The van der Waals surface area contributed by atoms with Crippen LogP contribution in [0.3, 0.4) is 0 Å². The number of sulfonamides is 1. The molecule has 0 atom stereocenters. The van der Waals surface area contributed by atoms with E-state index in [0.717, 1.165) is 38.5 Å². The van der Waals surface area contributed by atoms with Crippen LogP contribution in [0.4, 0.5) is 0 Å². The number of hydrogen-bond acceptors (Lipinski definition) is 5. The van der Waals surface area contributed by atoms with Gasteiger partial charge in [0.15, 0.2) is 0 Å². The lowest BCUT2D eigenvalue weighted by atomic mass is 9.96. The first-order valence-corrected chi connectivity index (χ1v) is 12.2. The Morgan fingerprint density at radius 3 is 2.48 bits per heavy atom. The Balaban J connectivity index is 1.94. The molecular formula is C19H31N3O3S2. The molecule has 1 amide bonds. The van der Waals surface area contributed by atoms with E-state index in [1.54, 1.807) is 19.2 Å². The van der Waals surface area contributed by atoms with Crippen molar-refractivity contribution in [3.8, 4) is 0 Å². The molecule has 1 aliphatic carbocycles. The fraction of sp³-hybridized carbons (Fsp3) is 0.684. The molecule has 6 nitrogen and oxygen atoms in total. The summed E-state index contributed by atoms with van der Waals surface area (Å²) in [5.41, 5.74) is 0. The van der Waals surface area contributed by atoms with Gasteiger partial charge in [0.1, 0.15) is 4.90 Å². The summed E-state index contributed by atoms with van der Waals surface area (Å²) in [4.78, 5) is 16.4. The smallest absolute Gasteiger partial charge is 0.244 e. The molecule has 0 aromatic carbocycles. The molecule has 8 heteroatoms. The van der Waals surface area contributed by atoms with Gasteiger partial charge >= 0.3 is 0 Å². The van der Waals surface area contributed by atoms with E-state index in [9.17, 15) is 13.2 Å². The van der Waals surface area contributed by atoms with E-state index in [4.69, 9.17) is 0 Å². The topological polar surface area (TPSA) is 79.4 Å². The number of nitrogens with zero attached hydrogens (tertiary/aromatic N) is 2. The van der Waals surface area contributed by atoms with Crippen molar-refractivity contribution in [3.63, 3.8) is 0 Å². The van der Waals surface area contributed by atoms with Crippen molar-refractivity contribution in [3.05, 3.63) is 18.3 Å². The van der Waals surface area contributed by atoms with E-state index in [-0.39, 0.29) is 28.6 Å². The highest BCUT2D eigenvalue weighted by Crippen LogP contribution is 2.27. The van der Waals surface area contributed by atoms with Gasteiger partial charge in [0.2, 0.25) is 15.9 Å². The molecule has 0 aliphatic heterocycles. The van der Waals surface area contributed by atoms with Crippen molar-refractivity contribution in [1.82, 2.24) is 14.6 Å². The molecule has 1 heterocycles. The molecule has 1 fully saturated rings. The van der Waals surface area contributed by atoms with Gasteiger partial charge in [-0.25, -0.2) is 13.4 Å². The Labute approximate surface area is 167 Å². The largest absolute Gasteiger partial charge is 0.353 e. The Kier molecular flexibility index (Phi) is 8.57. The zero-order valence-electron chi connectivity index (χ0n) is 16.5. The lowest BCUT2D eigenvalue weighted by molar-refractivity contribution is -0.119. The SMILES string of the molecule is CCC(CC)NC(=O)CSc1ccc(S(=O)(=O)N(C)C2CCCCC2)cn1. The minimum atomic E-state index is -3.53. The average Bonchev–Trinajstić information content (AvgIpc) is 2.70. The van der Waals surface area contributed by atoms with Gasteiger partial charge in [-0.05, 0) is 37.8 Å². The minimum Gasteiger partial charge on any atom is -0.353 e. The fourth-order valence-electron chi connectivity index (χ4n) is 3.31. The van der Waals surface area contributed by atoms with E-state index < -0.39 is 10.0 Å². The third kappa shape index (κ3) is 6.19. The second-order valence-electron chi connectivity index (χ2n) is 7.01. The van der Waals surface area contributed by atoms with Crippen LogP contribution in [0.25, 0.3) is 0 Å². The first-order chi connectivity index (χ1) is 12.9. The molecule has 27 heavy (non-hydrogen) atoms.